The Labute approximate surface area is 196 Å². The number of benzene rings is 2. The molecule has 178 valence electrons. The molecule has 0 spiro atoms. The Hall–Kier alpha value is -3.28. The highest BCUT2D eigenvalue weighted by Crippen LogP contribution is 2.28. The number of amides is 1. The number of aromatic nitrogens is 1. The zero-order valence-electron chi connectivity index (χ0n) is 18.2. The molecule has 1 N–H and O–H groups in total. The lowest BCUT2D eigenvalue weighted by molar-refractivity contribution is 0.122. The van der Waals surface area contributed by atoms with Crippen LogP contribution < -0.4 is 14.5 Å². The predicted molar refractivity (Wildman–Crippen MR) is 124 cm³/mol. The van der Waals surface area contributed by atoms with Crippen LogP contribution in [0.3, 0.4) is 0 Å². The van der Waals surface area contributed by atoms with Crippen LogP contribution in [0.2, 0.25) is 0 Å². The first kappa shape index (κ1) is 22.5. The van der Waals surface area contributed by atoms with Crippen LogP contribution in [0.15, 0.2) is 59.6 Å². The summed E-state index contributed by atoms with van der Waals surface area (Å²) in [7, 11) is -3.90. The number of carbonyl (C=O) groups is 1. The summed E-state index contributed by atoms with van der Waals surface area (Å²) in [5.41, 5.74) is 1.16. The van der Waals surface area contributed by atoms with Crippen LogP contribution in [0, 0.1) is 5.82 Å². The molecule has 34 heavy (non-hydrogen) atoms. The topological polar surface area (TPSA) is 101 Å². The van der Waals surface area contributed by atoms with Crippen LogP contribution in [-0.2, 0) is 19.5 Å². The fourth-order valence-electron chi connectivity index (χ4n) is 4.14. The fraction of sp³-hybridized carbons (Fsp3) is 0.304. The highest BCUT2D eigenvalue weighted by Gasteiger charge is 2.34. The van der Waals surface area contributed by atoms with Gasteiger partial charge in [0.2, 0.25) is 10.0 Å². The molecular weight excluding hydrogens is 463 g/mol. The number of carbonyl (C=O) groups excluding carboxylic acids is 1. The number of pyridine rings is 1. The second-order valence-corrected chi connectivity index (χ2v) is 9.77. The first-order chi connectivity index (χ1) is 16.4. The monoisotopic (exact) mass is 486 g/mol. The lowest BCUT2D eigenvalue weighted by Crippen LogP contribution is -2.37. The van der Waals surface area contributed by atoms with E-state index in [2.05, 4.69) is 9.71 Å². The molecule has 3 aromatic rings. The average Bonchev–Trinajstić information content (AvgIpc) is 3.23. The number of hydrogen-bond acceptors (Lipinski definition) is 7. The molecule has 0 unspecified atom stereocenters. The number of ether oxygens (including phenoxy) is 2. The second-order valence-electron chi connectivity index (χ2n) is 8.03. The van der Waals surface area contributed by atoms with Gasteiger partial charge >= 0.3 is 6.09 Å². The number of hydrogen-bond donors (Lipinski definition) is 1. The number of halogens is 1. The number of anilines is 2. The molecule has 0 saturated carbocycles. The Morgan fingerprint density at radius 3 is 2.71 bits per heavy atom. The smallest absolute Gasteiger partial charge is 0.414 e. The predicted octanol–water partition coefficient (Wildman–Crippen LogP) is 2.51. The SMILES string of the molecule is O=C1O[C@@H](CNS(=O)(=O)c2cccc3cccnc23)CN1c1ccc(N2CCOCC2)c(F)c1. The molecule has 2 aliphatic rings. The van der Waals surface area contributed by atoms with Gasteiger partial charge < -0.3 is 14.4 Å². The summed E-state index contributed by atoms with van der Waals surface area (Å²) in [4.78, 5) is 19.8. The molecular formula is C23H23FN4O5S. The van der Waals surface area contributed by atoms with Crippen molar-refractivity contribution >= 4 is 38.4 Å². The lowest BCUT2D eigenvalue weighted by atomic mass is 10.2. The van der Waals surface area contributed by atoms with E-state index in [-0.39, 0.29) is 18.0 Å². The molecule has 0 radical (unpaired) electrons. The zero-order chi connectivity index (χ0) is 23.7. The normalized spacial score (nSPS) is 19.0. The van der Waals surface area contributed by atoms with Crippen molar-refractivity contribution in [2.45, 2.75) is 11.0 Å². The molecule has 2 saturated heterocycles. The molecule has 0 aliphatic carbocycles. The van der Waals surface area contributed by atoms with Crippen LogP contribution in [-0.4, -0.2) is 65.0 Å². The van der Waals surface area contributed by atoms with Crippen molar-refractivity contribution < 1.29 is 27.1 Å². The molecule has 5 rings (SSSR count). The molecule has 3 heterocycles. The molecule has 1 aromatic heterocycles. The lowest BCUT2D eigenvalue weighted by Gasteiger charge is -2.29. The van der Waals surface area contributed by atoms with E-state index in [4.69, 9.17) is 9.47 Å². The summed E-state index contributed by atoms with van der Waals surface area (Å²) >= 11 is 0. The van der Waals surface area contributed by atoms with Gasteiger partial charge in [-0.25, -0.2) is 22.3 Å². The average molecular weight is 487 g/mol. The van der Waals surface area contributed by atoms with Gasteiger partial charge in [0.15, 0.2) is 0 Å². The summed E-state index contributed by atoms with van der Waals surface area (Å²) < 4.78 is 53.7. The molecule has 2 aliphatic heterocycles. The first-order valence-electron chi connectivity index (χ1n) is 10.9. The molecule has 11 heteroatoms. The van der Waals surface area contributed by atoms with Gasteiger partial charge in [-0.3, -0.25) is 9.88 Å². The van der Waals surface area contributed by atoms with Gasteiger partial charge in [-0.1, -0.05) is 18.2 Å². The van der Waals surface area contributed by atoms with Crippen molar-refractivity contribution in [2.24, 2.45) is 0 Å². The van der Waals surface area contributed by atoms with Gasteiger partial charge in [-0.15, -0.1) is 0 Å². The summed E-state index contributed by atoms with van der Waals surface area (Å²) in [5, 5.41) is 0.700. The third kappa shape index (κ3) is 4.41. The standard InChI is InChI=1S/C23H23FN4O5S/c24-19-13-17(6-7-20(19)27-9-11-32-12-10-27)28-15-18(33-23(28)29)14-26-34(30,31)21-5-1-3-16-4-2-8-25-22(16)21/h1-8,13,18,26H,9-12,14-15H2/t18-/m0/s1. The number of fused-ring (bicyclic) bond motifs is 1. The first-order valence-corrected chi connectivity index (χ1v) is 12.3. The van der Waals surface area contributed by atoms with E-state index in [1.165, 1.54) is 23.2 Å². The molecule has 0 bridgehead atoms. The largest absolute Gasteiger partial charge is 0.443 e. The Morgan fingerprint density at radius 2 is 1.91 bits per heavy atom. The Bertz CT molecular complexity index is 1320. The van der Waals surface area contributed by atoms with Gasteiger partial charge in [0.05, 0.1) is 36.6 Å². The van der Waals surface area contributed by atoms with E-state index in [0.717, 1.165) is 0 Å². The number of cyclic esters (lactones) is 1. The van der Waals surface area contributed by atoms with Crippen LogP contribution in [0.4, 0.5) is 20.6 Å². The van der Waals surface area contributed by atoms with E-state index in [0.29, 0.717) is 48.6 Å². The van der Waals surface area contributed by atoms with E-state index >= 15 is 0 Å². The van der Waals surface area contributed by atoms with Crippen molar-refractivity contribution in [3.8, 4) is 0 Å². The van der Waals surface area contributed by atoms with Crippen molar-refractivity contribution in [1.82, 2.24) is 9.71 Å². The van der Waals surface area contributed by atoms with Gasteiger partial charge in [-0.2, -0.15) is 0 Å². The highest BCUT2D eigenvalue weighted by atomic mass is 32.2. The maximum Gasteiger partial charge on any atom is 0.414 e. The van der Waals surface area contributed by atoms with Crippen molar-refractivity contribution in [2.75, 3.05) is 49.2 Å². The third-order valence-electron chi connectivity index (χ3n) is 5.86. The number of morpholine rings is 1. The van der Waals surface area contributed by atoms with E-state index < -0.39 is 28.0 Å². The summed E-state index contributed by atoms with van der Waals surface area (Å²) in [6, 6.07) is 13.0. The number of para-hydroxylation sites is 1. The van der Waals surface area contributed by atoms with Crippen LogP contribution in [0.1, 0.15) is 0 Å². The number of nitrogens with zero attached hydrogens (tertiary/aromatic N) is 3. The fourth-order valence-corrected chi connectivity index (χ4v) is 5.38. The van der Waals surface area contributed by atoms with E-state index in [1.807, 2.05) is 4.90 Å². The molecule has 2 fully saturated rings. The minimum Gasteiger partial charge on any atom is -0.443 e. The number of sulfonamides is 1. The second kappa shape index (κ2) is 9.16. The zero-order valence-corrected chi connectivity index (χ0v) is 19.0. The third-order valence-corrected chi connectivity index (χ3v) is 7.31. The van der Waals surface area contributed by atoms with Crippen molar-refractivity contribution in [3.05, 3.63) is 60.5 Å². The van der Waals surface area contributed by atoms with Gasteiger partial charge in [0.1, 0.15) is 16.8 Å². The molecule has 1 amide bonds. The minimum atomic E-state index is -3.90. The summed E-state index contributed by atoms with van der Waals surface area (Å²) in [5.74, 6) is -0.445. The summed E-state index contributed by atoms with van der Waals surface area (Å²) in [6.07, 6.45) is 0.142. The van der Waals surface area contributed by atoms with Gasteiger partial charge in [0.25, 0.3) is 0 Å². The Morgan fingerprint density at radius 1 is 1.12 bits per heavy atom. The van der Waals surface area contributed by atoms with Gasteiger partial charge in [-0.05, 0) is 30.3 Å². The van der Waals surface area contributed by atoms with Crippen LogP contribution in [0.25, 0.3) is 10.9 Å². The van der Waals surface area contributed by atoms with Crippen molar-refractivity contribution in [3.63, 3.8) is 0 Å². The van der Waals surface area contributed by atoms with E-state index in [1.54, 1.807) is 36.4 Å². The number of rotatable bonds is 6. The van der Waals surface area contributed by atoms with Crippen LogP contribution in [0.5, 0.6) is 0 Å². The quantitative estimate of drug-likeness (QED) is 0.571. The molecule has 9 nitrogen and oxygen atoms in total. The van der Waals surface area contributed by atoms with Gasteiger partial charge in [0, 0.05) is 31.2 Å². The number of nitrogens with one attached hydrogen (secondary N) is 1. The Kier molecular flexibility index (Phi) is 6.07. The van der Waals surface area contributed by atoms with E-state index in [9.17, 15) is 17.6 Å². The van der Waals surface area contributed by atoms with Crippen molar-refractivity contribution in [1.29, 1.82) is 0 Å². The molecule has 1 atom stereocenters. The molecule has 2 aromatic carbocycles. The maximum atomic E-state index is 14.8. The minimum absolute atomic E-state index is 0.0487. The van der Waals surface area contributed by atoms with Crippen LogP contribution >= 0.6 is 0 Å². The highest BCUT2D eigenvalue weighted by molar-refractivity contribution is 7.89. The Balaban J connectivity index is 1.27. The summed E-state index contributed by atoms with van der Waals surface area (Å²) in [6.45, 7) is 2.22. The maximum absolute atomic E-state index is 14.8.